The van der Waals surface area contributed by atoms with Crippen LogP contribution in [-0.2, 0) is 17.8 Å². The molecule has 1 aliphatic heterocycles. The molecule has 9 heteroatoms. The number of amides is 1. The number of aromatic nitrogens is 3. The number of carbonyl (C=O) groups excluding carboxylic acids is 1. The molecule has 172 valence electrons. The highest BCUT2D eigenvalue weighted by molar-refractivity contribution is 5.98. The number of nitrogens with one attached hydrogen (secondary N) is 1. The van der Waals surface area contributed by atoms with Crippen molar-refractivity contribution in [2.24, 2.45) is 0 Å². The Morgan fingerprint density at radius 3 is 2.85 bits per heavy atom. The molecule has 1 amide bonds. The van der Waals surface area contributed by atoms with Crippen molar-refractivity contribution in [1.82, 2.24) is 19.4 Å². The Hall–Kier alpha value is -4.24. The summed E-state index contributed by atoms with van der Waals surface area (Å²) in [5.41, 5.74) is 4.23. The first-order chi connectivity index (χ1) is 16.5. The molecule has 5 rings (SSSR count). The van der Waals surface area contributed by atoms with E-state index in [4.69, 9.17) is 9.84 Å². The number of hydrogen-bond acceptors (Lipinski definition) is 6. The van der Waals surface area contributed by atoms with Gasteiger partial charge in [0.25, 0.3) is 0 Å². The minimum absolute atomic E-state index is 0.0231. The summed E-state index contributed by atoms with van der Waals surface area (Å²) >= 11 is 0. The van der Waals surface area contributed by atoms with Gasteiger partial charge in [-0.15, -0.1) is 0 Å². The van der Waals surface area contributed by atoms with Crippen LogP contribution >= 0.6 is 0 Å². The van der Waals surface area contributed by atoms with Crippen LogP contribution in [0.4, 0.5) is 10.5 Å². The number of carboxylic acids is 1. The lowest BCUT2D eigenvalue weighted by atomic mass is 10.1. The van der Waals surface area contributed by atoms with Gasteiger partial charge in [0.05, 0.1) is 17.8 Å². The van der Waals surface area contributed by atoms with Crippen LogP contribution in [0.3, 0.4) is 0 Å². The van der Waals surface area contributed by atoms with E-state index in [0.29, 0.717) is 31.1 Å². The number of fused-ring (bicyclic) bond motifs is 2. The van der Waals surface area contributed by atoms with Crippen molar-refractivity contribution in [3.05, 3.63) is 77.9 Å². The molecule has 4 aromatic rings. The summed E-state index contributed by atoms with van der Waals surface area (Å²) in [6.07, 6.45) is 3.77. The van der Waals surface area contributed by atoms with E-state index >= 15 is 0 Å². The van der Waals surface area contributed by atoms with Gasteiger partial charge in [0, 0.05) is 35.9 Å². The lowest BCUT2D eigenvalue weighted by Crippen LogP contribution is -2.35. The van der Waals surface area contributed by atoms with Crippen molar-refractivity contribution in [2.45, 2.75) is 19.9 Å². The van der Waals surface area contributed by atoms with Crippen molar-refractivity contribution in [2.75, 3.05) is 18.4 Å². The topological polar surface area (TPSA) is 110 Å². The summed E-state index contributed by atoms with van der Waals surface area (Å²) in [7, 11) is 0. The monoisotopic (exact) mass is 457 g/mol. The Morgan fingerprint density at radius 1 is 1.15 bits per heavy atom. The van der Waals surface area contributed by atoms with Gasteiger partial charge in [0.2, 0.25) is 5.88 Å². The predicted molar refractivity (Wildman–Crippen MR) is 126 cm³/mol. The number of ether oxygens (including phenoxy) is 1. The van der Waals surface area contributed by atoms with Crippen molar-refractivity contribution >= 4 is 28.6 Å². The fourth-order valence-corrected chi connectivity index (χ4v) is 4.17. The van der Waals surface area contributed by atoms with Crippen LogP contribution in [0.25, 0.3) is 10.9 Å². The molecule has 0 bridgehead atoms. The molecule has 0 fully saturated rings. The molecule has 2 aromatic heterocycles. The first kappa shape index (κ1) is 21.6. The van der Waals surface area contributed by atoms with Crippen LogP contribution in [-0.4, -0.2) is 49.6 Å². The van der Waals surface area contributed by atoms with Gasteiger partial charge in [-0.05, 0) is 55.3 Å². The summed E-state index contributed by atoms with van der Waals surface area (Å²) in [5, 5.41) is 12.8. The van der Waals surface area contributed by atoms with Crippen molar-refractivity contribution < 1.29 is 19.4 Å². The van der Waals surface area contributed by atoms with Gasteiger partial charge in [0.15, 0.2) is 0 Å². The number of nitrogens with zero attached hydrogens (tertiary/aromatic N) is 4. The largest absolute Gasteiger partial charge is 0.480 e. The highest BCUT2D eigenvalue weighted by Gasteiger charge is 2.23. The molecule has 3 heterocycles. The lowest BCUT2D eigenvalue weighted by Gasteiger charge is -2.26. The first-order valence-corrected chi connectivity index (χ1v) is 10.9. The third-order valence-electron chi connectivity index (χ3n) is 5.77. The van der Waals surface area contributed by atoms with E-state index in [2.05, 4.69) is 15.3 Å². The molecule has 2 N–H and O–H groups in total. The molecule has 0 aliphatic carbocycles. The summed E-state index contributed by atoms with van der Waals surface area (Å²) in [6.45, 7) is 2.99. The maximum absolute atomic E-state index is 12.8. The number of anilines is 1. The molecular formula is C25H23N5O4. The van der Waals surface area contributed by atoms with E-state index in [1.807, 2.05) is 54.3 Å². The SMILES string of the molecule is Cc1cccc(NC(=O)n2ccc3cc(Oc4ncnc5c4CCN(CC(=O)O)C5)ccc32)c1. The summed E-state index contributed by atoms with van der Waals surface area (Å²) in [4.78, 5) is 34.3. The van der Waals surface area contributed by atoms with Gasteiger partial charge in [0.1, 0.15) is 12.1 Å². The number of aliphatic carboxylic acids is 1. The second kappa shape index (κ2) is 8.95. The average molecular weight is 457 g/mol. The van der Waals surface area contributed by atoms with E-state index in [0.717, 1.165) is 33.4 Å². The minimum atomic E-state index is -0.859. The molecule has 0 saturated carbocycles. The van der Waals surface area contributed by atoms with Crippen LogP contribution < -0.4 is 10.1 Å². The summed E-state index contributed by atoms with van der Waals surface area (Å²) in [5.74, 6) is 0.205. The van der Waals surface area contributed by atoms with E-state index in [-0.39, 0.29) is 12.6 Å². The molecule has 0 unspecified atom stereocenters. The van der Waals surface area contributed by atoms with Crippen LogP contribution in [0.5, 0.6) is 11.6 Å². The molecular weight excluding hydrogens is 434 g/mol. The number of carboxylic acid groups (broad SMARTS) is 1. The predicted octanol–water partition coefficient (Wildman–Crippen LogP) is 4.05. The molecule has 0 radical (unpaired) electrons. The molecule has 9 nitrogen and oxygen atoms in total. The number of benzene rings is 2. The number of rotatable bonds is 5. The Kier molecular flexibility index (Phi) is 5.69. The third-order valence-corrected chi connectivity index (χ3v) is 5.77. The van der Waals surface area contributed by atoms with Crippen LogP contribution in [0.15, 0.2) is 61.1 Å². The molecule has 1 aliphatic rings. The van der Waals surface area contributed by atoms with Crippen LogP contribution in [0.1, 0.15) is 16.8 Å². The standard InChI is InChI=1S/C25H23N5O4/c1-16-3-2-4-18(11-16)28-25(33)30-10-7-17-12-19(5-6-22(17)30)34-24-20-8-9-29(14-23(31)32)13-21(20)26-15-27-24/h2-7,10-12,15H,8-9,13-14H2,1H3,(H,28,33)(H,31,32). The Balaban J connectivity index is 1.35. The number of hydrogen-bond donors (Lipinski definition) is 2. The van der Waals surface area contributed by atoms with E-state index < -0.39 is 5.97 Å². The van der Waals surface area contributed by atoms with Gasteiger partial charge in [-0.1, -0.05) is 12.1 Å². The van der Waals surface area contributed by atoms with Gasteiger partial charge in [-0.2, -0.15) is 0 Å². The van der Waals surface area contributed by atoms with Crippen LogP contribution in [0, 0.1) is 6.92 Å². The van der Waals surface area contributed by atoms with Crippen LogP contribution in [0.2, 0.25) is 0 Å². The zero-order chi connectivity index (χ0) is 23.7. The maximum Gasteiger partial charge on any atom is 0.330 e. The average Bonchev–Trinajstić information content (AvgIpc) is 3.22. The van der Waals surface area contributed by atoms with E-state index in [9.17, 15) is 9.59 Å². The van der Waals surface area contributed by atoms with Gasteiger partial charge >= 0.3 is 12.0 Å². The fourth-order valence-electron chi connectivity index (χ4n) is 4.17. The minimum Gasteiger partial charge on any atom is -0.480 e. The molecule has 2 aromatic carbocycles. The zero-order valence-corrected chi connectivity index (χ0v) is 18.6. The third kappa shape index (κ3) is 4.46. The first-order valence-electron chi connectivity index (χ1n) is 10.9. The van der Waals surface area contributed by atoms with Crippen molar-refractivity contribution in [1.29, 1.82) is 0 Å². The Bertz CT molecular complexity index is 1400. The van der Waals surface area contributed by atoms with E-state index in [1.54, 1.807) is 16.8 Å². The second-order valence-electron chi connectivity index (χ2n) is 8.27. The smallest absolute Gasteiger partial charge is 0.330 e. The van der Waals surface area contributed by atoms with Gasteiger partial charge in [-0.3, -0.25) is 14.3 Å². The highest BCUT2D eigenvalue weighted by Crippen LogP contribution is 2.30. The Labute approximate surface area is 195 Å². The zero-order valence-electron chi connectivity index (χ0n) is 18.6. The number of aryl methyl sites for hydroxylation is 1. The van der Waals surface area contributed by atoms with Gasteiger partial charge < -0.3 is 15.2 Å². The molecule has 0 atom stereocenters. The van der Waals surface area contributed by atoms with E-state index in [1.165, 1.54) is 6.33 Å². The lowest BCUT2D eigenvalue weighted by molar-refractivity contribution is -0.138. The Morgan fingerprint density at radius 2 is 2.03 bits per heavy atom. The molecule has 34 heavy (non-hydrogen) atoms. The molecule has 0 saturated heterocycles. The second-order valence-corrected chi connectivity index (χ2v) is 8.27. The quantitative estimate of drug-likeness (QED) is 0.465. The summed E-state index contributed by atoms with van der Waals surface area (Å²) in [6, 6.07) is 14.8. The highest BCUT2D eigenvalue weighted by atomic mass is 16.5. The van der Waals surface area contributed by atoms with Gasteiger partial charge in [-0.25, -0.2) is 14.8 Å². The maximum atomic E-state index is 12.8. The fraction of sp³-hybridized carbons (Fsp3) is 0.200. The normalized spacial score (nSPS) is 13.4. The van der Waals surface area contributed by atoms with Crippen molar-refractivity contribution in [3.63, 3.8) is 0 Å². The van der Waals surface area contributed by atoms with Crippen molar-refractivity contribution in [3.8, 4) is 11.6 Å². The molecule has 0 spiro atoms. The summed E-state index contributed by atoms with van der Waals surface area (Å²) < 4.78 is 7.64. The number of carbonyl (C=O) groups is 2.